The van der Waals surface area contributed by atoms with Crippen molar-refractivity contribution in [1.29, 1.82) is 0 Å². The predicted octanol–water partition coefficient (Wildman–Crippen LogP) is 3.34. The van der Waals surface area contributed by atoms with E-state index >= 15 is 0 Å². The number of hydrogen-bond acceptors (Lipinski definition) is 4. The molecule has 6 nitrogen and oxygen atoms in total. The lowest BCUT2D eigenvalue weighted by molar-refractivity contribution is -0.135. The average Bonchev–Trinajstić information content (AvgIpc) is 3.23. The maximum Gasteiger partial charge on any atom is 0.407 e. The van der Waals surface area contributed by atoms with Gasteiger partial charge in [-0.2, -0.15) is 0 Å². The summed E-state index contributed by atoms with van der Waals surface area (Å²) in [7, 11) is -1.22. The molecule has 28 heavy (non-hydrogen) atoms. The first-order chi connectivity index (χ1) is 13.3. The summed E-state index contributed by atoms with van der Waals surface area (Å²) in [5.74, 6) is 0.898. The standard InChI is InChI=1S/C21H39N3O3Si/c1-28(2,3)14-13-27-21(26)23-17-10-9-16-11-12-24(19(16)17)20(25)18(22)15-7-5-4-6-8-15/h15-19H,4-14,22H2,1-3H3,(H,23,26)/t16-,17+,18+,19+/m1/s1. The first-order valence-corrected chi connectivity index (χ1v) is 15.0. The second kappa shape index (κ2) is 9.16. The third-order valence-electron chi connectivity index (χ3n) is 6.96. The molecule has 2 amide bonds. The molecule has 3 fully saturated rings. The Bertz CT molecular complexity index is 560. The van der Waals surface area contributed by atoms with Crippen LogP contribution in [-0.2, 0) is 9.53 Å². The van der Waals surface area contributed by atoms with Crippen molar-refractivity contribution in [2.75, 3.05) is 13.2 Å². The van der Waals surface area contributed by atoms with Crippen molar-refractivity contribution in [2.45, 2.75) is 95.2 Å². The SMILES string of the molecule is C[Si](C)(C)CCOC(=O)N[C@H]1CC[C@@H]2CCN(C(=O)[C@@H](N)C3CCCCC3)[C@@H]21. The summed E-state index contributed by atoms with van der Waals surface area (Å²) >= 11 is 0. The first-order valence-electron chi connectivity index (χ1n) is 11.3. The van der Waals surface area contributed by atoms with E-state index in [1.165, 1.54) is 19.3 Å². The van der Waals surface area contributed by atoms with E-state index in [1.54, 1.807) is 0 Å². The normalized spacial score (nSPS) is 29.4. The second-order valence-corrected chi connectivity index (χ2v) is 15.9. The molecule has 0 radical (unpaired) electrons. The fraction of sp³-hybridized carbons (Fsp3) is 0.905. The number of nitrogens with zero attached hydrogens (tertiary/aromatic N) is 1. The van der Waals surface area contributed by atoms with Crippen LogP contribution in [0.4, 0.5) is 4.79 Å². The maximum absolute atomic E-state index is 13.2. The van der Waals surface area contributed by atoms with Gasteiger partial charge in [0.15, 0.2) is 0 Å². The summed E-state index contributed by atoms with van der Waals surface area (Å²) in [6.07, 6.45) is 8.44. The predicted molar refractivity (Wildman–Crippen MR) is 114 cm³/mol. The number of ether oxygens (including phenoxy) is 1. The molecule has 1 aliphatic heterocycles. The summed E-state index contributed by atoms with van der Waals surface area (Å²) in [6.45, 7) is 8.07. The molecule has 2 aliphatic carbocycles. The summed E-state index contributed by atoms with van der Waals surface area (Å²) in [4.78, 5) is 27.4. The smallest absolute Gasteiger partial charge is 0.407 e. The van der Waals surface area contributed by atoms with Crippen molar-refractivity contribution in [3.8, 4) is 0 Å². The molecule has 3 rings (SSSR count). The molecule has 0 unspecified atom stereocenters. The van der Waals surface area contributed by atoms with Crippen molar-refractivity contribution in [3.05, 3.63) is 0 Å². The Hall–Kier alpha value is -1.08. The van der Waals surface area contributed by atoms with Gasteiger partial charge in [0.05, 0.1) is 24.7 Å². The topological polar surface area (TPSA) is 84.7 Å². The van der Waals surface area contributed by atoms with Crippen LogP contribution in [0.3, 0.4) is 0 Å². The number of nitrogens with two attached hydrogens (primary N) is 1. The molecule has 1 saturated heterocycles. The molecule has 7 heteroatoms. The van der Waals surface area contributed by atoms with E-state index in [9.17, 15) is 9.59 Å². The van der Waals surface area contributed by atoms with Gasteiger partial charge in [0, 0.05) is 14.6 Å². The van der Waals surface area contributed by atoms with Crippen molar-refractivity contribution in [2.24, 2.45) is 17.6 Å². The van der Waals surface area contributed by atoms with Gasteiger partial charge in [-0.15, -0.1) is 0 Å². The van der Waals surface area contributed by atoms with Crippen LogP contribution in [0, 0.1) is 11.8 Å². The molecular formula is C21H39N3O3Si. The number of nitrogens with one attached hydrogen (secondary N) is 1. The third-order valence-corrected chi connectivity index (χ3v) is 8.66. The molecule has 1 heterocycles. The minimum absolute atomic E-state index is 0.00520. The van der Waals surface area contributed by atoms with Crippen LogP contribution >= 0.6 is 0 Å². The number of amides is 2. The van der Waals surface area contributed by atoms with Gasteiger partial charge in [0.2, 0.25) is 5.91 Å². The van der Waals surface area contributed by atoms with Crippen molar-refractivity contribution >= 4 is 20.1 Å². The van der Waals surface area contributed by atoms with E-state index in [0.29, 0.717) is 18.4 Å². The summed E-state index contributed by atoms with van der Waals surface area (Å²) in [6, 6.07) is 0.669. The highest BCUT2D eigenvalue weighted by atomic mass is 28.3. The number of carbonyl (C=O) groups excluding carboxylic acids is 2. The van der Waals surface area contributed by atoms with Crippen LogP contribution in [0.15, 0.2) is 0 Å². The van der Waals surface area contributed by atoms with E-state index in [2.05, 4.69) is 25.0 Å². The number of fused-ring (bicyclic) bond motifs is 1. The van der Waals surface area contributed by atoms with Crippen LogP contribution < -0.4 is 11.1 Å². The van der Waals surface area contributed by atoms with Gasteiger partial charge in [-0.25, -0.2) is 4.79 Å². The molecule has 0 aromatic rings. The Morgan fingerprint density at radius 1 is 1.11 bits per heavy atom. The van der Waals surface area contributed by atoms with Gasteiger partial charge in [0.25, 0.3) is 0 Å². The van der Waals surface area contributed by atoms with E-state index in [4.69, 9.17) is 10.5 Å². The molecule has 3 aliphatic rings. The van der Waals surface area contributed by atoms with Crippen LogP contribution in [0.25, 0.3) is 0 Å². The monoisotopic (exact) mass is 409 g/mol. The average molecular weight is 410 g/mol. The zero-order chi connectivity index (χ0) is 20.3. The molecule has 160 valence electrons. The number of rotatable bonds is 6. The molecule has 0 spiro atoms. The van der Waals surface area contributed by atoms with Gasteiger partial charge in [-0.05, 0) is 50.0 Å². The van der Waals surface area contributed by atoms with Gasteiger partial charge < -0.3 is 20.7 Å². The number of alkyl carbamates (subject to hydrolysis) is 1. The van der Waals surface area contributed by atoms with Gasteiger partial charge >= 0.3 is 6.09 Å². The van der Waals surface area contributed by atoms with Gasteiger partial charge in [0.1, 0.15) is 0 Å². The van der Waals surface area contributed by atoms with Crippen LogP contribution in [-0.4, -0.2) is 56.3 Å². The lowest BCUT2D eigenvalue weighted by atomic mass is 9.83. The lowest BCUT2D eigenvalue weighted by Crippen LogP contribution is -2.55. The fourth-order valence-corrected chi connectivity index (χ4v) is 5.96. The van der Waals surface area contributed by atoms with E-state index < -0.39 is 8.07 Å². The quantitative estimate of drug-likeness (QED) is 0.659. The van der Waals surface area contributed by atoms with Crippen LogP contribution in [0.5, 0.6) is 0 Å². The molecule has 0 aromatic carbocycles. The molecule has 4 atom stereocenters. The Morgan fingerprint density at radius 3 is 2.50 bits per heavy atom. The summed E-state index contributed by atoms with van der Waals surface area (Å²) < 4.78 is 5.42. The second-order valence-electron chi connectivity index (χ2n) is 10.3. The fourth-order valence-electron chi connectivity index (χ4n) is 5.25. The van der Waals surface area contributed by atoms with Crippen LogP contribution in [0.2, 0.25) is 25.7 Å². The molecule has 0 aromatic heterocycles. The van der Waals surface area contributed by atoms with Gasteiger partial charge in [-0.3, -0.25) is 4.79 Å². The molecule has 3 N–H and O–H groups in total. The van der Waals surface area contributed by atoms with E-state index in [-0.39, 0.29) is 30.1 Å². The highest BCUT2D eigenvalue weighted by Gasteiger charge is 2.48. The van der Waals surface area contributed by atoms with E-state index in [1.807, 2.05) is 4.90 Å². The largest absolute Gasteiger partial charge is 0.450 e. The highest BCUT2D eigenvalue weighted by molar-refractivity contribution is 6.76. The Morgan fingerprint density at radius 2 is 1.82 bits per heavy atom. The number of likely N-dealkylation sites (tertiary alicyclic amines) is 1. The third kappa shape index (κ3) is 5.29. The lowest BCUT2D eigenvalue weighted by Gasteiger charge is -2.34. The summed E-state index contributed by atoms with van der Waals surface area (Å²) in [5, 5.41) is 3.06. The minimum atomic E-state index is -1.22. The minimum Gasteiger partial charge on any atom is -0.450 e. The molecular weight excluding hydrogens is 370 g/mol. The molecule has 2 saturated carbocycles. The zero-order valence-electron chi connectivity index (χ0n) is 17.9. The van der Waals surface area contributed by atoms with Crippen molar-refractivity contribution in [1.82, 2.24) is 10.2 Å². The Balaban J connectivity index is 1.55. The number of carbonyl (C=O) groups is 2. The Kier molecular flexibility index (Phi) is 7.07. The molecule has 0 bridgehead atoms. The van der Waals surface area contributed by atoms with E-state index in [0.717, 1.165) is 44.7 Å². The van der Waals surface area contributed by atoms with Gasteiger partial charge in [-0.1, -0.05) is 38.9 Å². The first kappa shape index (κ1) is 21.6. The number of hydrogen-bond donors (Lipinski definition) is 2. The van der Waals surface area contributed by atoms with Crippen molar-refractivity contribution < 1.29 is 14.3 Å². The van der Waals surface area contributed by atoms with Crippen molar-refractivity contribution in [3.63, 3.8) is 0 Å². The maximum atomic E-state index is 13.2. The summed E-state index contributed by atoms with van der Waals surface area (Å²) in [5.41, 5.74) is 6.41. The van der Waals surface area contributed by atoms with Crippen LogP contribution in [0.1, 0.15) is 51.4 Å². The highest BCUT2D eigenvalue weighted by Crippen LogP contribution is 2.39. The zero-order valence-corrected chi connectivity index (χ0v) is 18.9. The Labute approximate surface area is 170 Å².